The van der Waals surface area contributed by atoms with Gasteiger partial charge in [-0.05, 0) is 47.1 Å². The lowest BCUT2D eigenvalue weighted by atomic mass is 10.2. The van der Waals surface area contributed by atoms with Gasteiger partial charge in [0, 0.05) is 16.4 Å². The molecule has 0 atom stereocenters. The summed E-state index contributed by atoms with van der Waals surface area (Å²) in [5.74, 6) is 0.382. The number of para-hydroxylation sites is 2. The van der Waals surface area contributed by atoms with Crippen LogP contribution in [-0.2, 0) is 6.54 Å². The Bertz CT molecular complexity index is 1200. The van der Waals surface area contributed by atoms with Gasteiger partial charge < -0.3 is 13.7 Å². The summed E-state index contributed by atoms with van der Waals surface area (Å²) < 4.78 is 15.1. The Morgan fingerprint density at radius 2 is 2.12 bits per heavy atom. The lowest BCUT2D eigenvalue weighted by Gasteiger charge is -2.01. The number of methoxy groups -OCH3 is 1. The van der Waals surface area contributed by atoms with E-state index < -0.39 is 5.91 Å². The first-order chi connectivity index (χ1) is 12.6. The van der Waals surface area contributed by atoms with E-state index in [9.17, 15) is 4.79 Å². The molecule has 0 bridgehead atoms. The van der Waals surface area contributed by atoms with E-state index in [4.69, 9.17) is 9.15 Å². The standard InChI is InChI=1S/C19H15BrN2O3S/c1-3-22-16-12(20)7-5-9-15(16)26-19(22)21-18(23)14-10-11-6-4-8-13(24-2)17(11)25-14/h4-10H,3H2,1-2H3. The van der Waals surface area contributed by atoms with Crippen molar-refractivity contribution in [1.82, 2.24) is 4.57 Å². The van der Waals surface area contributed by atoms with Crippen LogP contribution in [0.25, 0.3) is 21.2 Å². The molecule has 7 heteroatoms. The van der Waals surface area contributed by atoms with Crippen molar-refractivity contribution < 1.29 is 13.9 Å². The lowest BCUT2D eigenvalue weighted by molar-refractivity contribution is 0.0973. The van der Waals surface area contributed by atoms with Gasteiger partial charge in [-0.25, -0.2) is 0 Å². The number of thiazole rings is 1. The smallest absolute Gasteiger partial charge is 0.315 e. The van der Waals surface area contributed by atoms with Gasteiger partial charge in [0.2, 0.25) is 0 Å². The van der Waals surface area contributed by atoms with E-state index in [1.165, 1.54) is 11.3 Å². The molecule has 0 radical (unpaired) electrons. The maximum Gasteiger partial charge on any atom is 0.315 e. The number of furan rings is 1. The SMILES string of the molecule is CCn1c(=NC(=O)c2cc3cccc(OC)c3o2)sc2cccc(Br)c21. The molecule has 0 aliphatic rings. The molecule has 0 fully saturated rings. The molecule has 2 heterocycles. The first-order valence-electron chi connectivity index (χ1n) is 8.06. The third-order valence-electron chi connectivity index (χ3n) is 4.10. The Balaban J connectivity index is 1.85. The van der Waals surface area contributed by atoms with Gasteiger partial charge in [-0.15, -0.1) is 0 Å². The second-order valence-electron chi connectivity index (χ2n) is 5.62. The van der Waals surface area contributed by atoms with Gasteiger partial charge in [0.15, 0.2) is 21.9 Å². The van der Waals surface area contributed by atoms with Crippen LogP contribution in [0.1, 0.15) is 17.5 Å². The predicted octanol–water partition coefficient (Wildman–Crippen LogP) is 4.98. The molecule has 4 rings (SSSR count). The zero-order chi connectivity index (χ0) is 18.3. The van der Waals surface area contributed by atoms with Crippen LogP contribution in [0.2, 0.25) is 0 Å². The zero-order valence-corrected chi connectivity index (χ0v) is 16.6. The third kappa shape index (κ3) is 2.77. The Kier molecular flexibility index (Phi) is 4.42. The van der Waals surface area contributed by atoms with Gasteiger partial charge >= 0.3 is 5.91 Å². The molecule has 0 saturated carbocycles. The number of amides is 1. The maximum atomic E-state index is 12.7. The van der Waals surface area contributed by atoms with Crippen LogP contribution < -0.4 is 9.54 Å². The van der Waals surface area contributed by atoms with Gasteiger partial charge in [-0.1, -0.05) is 29.5 Å². The van der Waals surface area contributed by atoms with Crippen molar-refractivity contribution in [2.75, 3.05) is 7.11 Å². The number of fused-ring (bicyclic) bond motifs is 2. The molecule has 2 aromatic heterocycles. The maximum absolute atomic E-state index is 12.7. The summed E-state index contributed by atoms with van der Waals surface area (Å²) in [7, 11) is 1.57. The molecule has 0 spiro atoms. The fourth-order valence-corrected chi connectivity index (χ4v) is 4.74. The van der Waals surface area contributed by atoms with Crippen molar-refractivity contribution in [3.63, 3.8) is 0 Å². The molecule has 0 saturated heterocycles. The van der Waals surface area contributed by atoms with E-state index in [0.29, 0.717) is 22.7 Å². The van der Waals surface area contributed by atoms with Crippen molar-refractivity contribution in [3.05, 3.63) is 57.5 Å². The summed E-state index contributed by atoms with van der Waals surface area (Å²) >= 11 is 5.06. The van der Waals surface area contributed by atoms with Gasteiger partial charge in [0.1, 0.15) is 0 Å². The van der Waals surface area contributed by atoms with Crippen LogP contribution in [0.15, 0.2) is 56.3 Å². The van der Waals surface area contributed by atoms with E-state index in [-0.39, 0.29) is 5.76 Å². The van der Waals surface area contributed by atoms with Crippen LogP contribution in [0, 0.1) is 0 Å². The average molecular weight is 431 g/mol. The molecule has 2 aromatic carbocycles. The Labute approximate surface area is 161 Å². The van der Waals surface area contributed by atoms with Crippen LogP contribution in [0.5, 0.6) is 5.75 Å². The number of ether oxygens (including phenoxy) is 1. The van der Waals surface area contributed by atoms with Crippen molar-refractivity contribution in [3.8, 4) is 5.75 Å². The Hall–Kier alpha value is -2.38. The highest BCUT2D eigenvalue weighted by atomic mass is 79.9. The van der Waals surface area contributed by atoms with Gasteiger partial charge in [-0.3, -0.25) is 4.79 Å². The summed E-state index contributed by atoms with van der Waals surface area (Å²) in [5.41, 5.74) is 1.59. The number of rotatable bonds is 3. The van der Waals surface area contributed by atoms with E-state index >= 15 is 0 Å². The number of hydrogen-bond donors (Lipinski definition) is 0. The lowest BCUT2D eigenvalue weighted by Crippen LogP contribution is -2.15. The fourth-order valence-electron chi connectivity index (χ4n) is 2.91. The molecule has 26 heavy (non-hydrogen) atoms. The monoisotopic (exact) mass is 430 g/mol. The van der Waals surface area contributed by atoms with E-state index in [0.717, 1.165) is 20.1 Å². The second-order valence-corrected chi connectivity index (χ2v) is 7.49. The highest BCUT2D eigenvalue weighted by Gasteiger charge is 2.15. The van der Waals surface area contributed by atoms with Gasteiger partial charge in [-0.2, -0.15) is 4.99 Å². The summed E-state index contributed by atoms with van der Waals surface area (Å²) in [6.07, 6.45) is 0. The number of halogens is 1. The Morgan fingerprint density at radius 3 is 2.88 bits per heavy atom. The van der Waals surface area contributed by atoms with Crippen molar-refractivity contribution in [2.24, 2.45) is 4.99 Å². The quantitative estimate of drug-likeness (QED) is 0.460. The third-order valence-corrected chi connectivity index (χ3v) is 5.79. The molecule has 0 aliphatic heterocycles. The zero-order valence-electron chi connectivity index (χ0n) is 14.2. The van der Waals surface area contributed by atoms with Crippen LogP contribution >= 0.6 is 27.3 Å². The molecule has 132 valence electrons. The average Bonchev–Trinajstić information content (AvgIpc) is 3.23. The summed E-state index contributed by atoms with van der Waals surface area (Å²) in [6, 6.07) is 13.2. The fraction of sp³-hybridized carbons (Fsp3) is 0.158. The highest BCUT2D eigenvalue weighted by molar-refractivity contribution is 9.10. The molecule has 0 unspecified atom stereocenters. The van der Waals surface area contributed by atoms with E-state index in [1.807, 2.05) is 41.8 Å². The minimum atomic E-state index is -0.409. The van der Waals surface area contributed by atoms with Crippen LogP contribution in [0.3, 0.4) is 0 Å². The summed E-state index contributed by atoms with van der Waals surface area (Å²) in [5, 5.41) is 0.811. The minimum Gasteiger partial charge on any atom is -0.493 e. The summed E-state index contributed by atoms with van der Waals surface area (Å²) in [6.45, 7) is 2.74. The largest absolute Gasteiger partial charge is 0.493 e. The normalized spacial score (nSPS) is 12.2. The number of hydrogen-bond acceptors (Lipinski definition) is 4. The topological polar surface area (TPSA) is 56.7 Å². The number of benzene rings is 2. The molecule has 0 N–H and O–H groups in total. The van der Waals surface area contributed by atoms with Crippen molar-refractivity contribution >= 4 is 54.4 Å². The van der Waals surface area contributed by atoms with E-state index in [1.54, 1.807) is 19.2 Å². The molecule has 4 aromatic rings. The Morgan fingerprint density at radius 1 is 1.31 bits per heavy atom. The molecule has 1 amide bonds. The number of nitrogens with zero attached hydrogens (tertiary/aromatic N) is 2. The first kappa shape index (κ1) is 17.1. The first-order valence-corrected chi connectivity index (χ1v) is 9.66. The van der Waals surface area contributed by atoms with Gasteiger partial charge in [0.05, 0.1) is 17.3 Å². The molecule has 5 nitrogen and oxygen atoms in total. The van der Waals surface area contributed by atoms with Gasteiger partial charge in [0.25, 0.3) is 0 Å². The summed E-state index contributed by atoms with van der Waals surface area (Å²) in [4.78, 5) is 17.7. The number of carbonyl (C=O) groups excluding carboxylic acids is 1. The molecular weight excluding hydrogens is 416 g/mol. The second kappa shape index (κ2) is 6.74. The minimum absolute atomic E-state index is 0.198. The van der Waals surface area contributed by atoms with Crippen molar-refractivity contribution in [1.29, 1.82) is 0 Å². The molecule has 0 aliphatic carbocycles. The van der Waals surface area contributed by atoms with E-state index in [2.05, 4.69) is 20.9 Å². The predicted molar refractivity (Wildman–Crippen MR) is 106 cm³/mol. The number of aromatic nitrogens is 1. The highest BCUT2D eigenvalue weighted by Crippen LogP contribution is 2.29. The number of carbonyl (C=O) groups is 1. The molecular formula is C19H15BrN2O3S. The van der Waals surface area contributed by atoms with Crippen LogP contribution in [0.4, 0.5) is 0 Å². The van der Waals surface area contributed by atoms with Crippen LogP contribution in [-0.4, -0.2) is 17.6 Å². The van der Waals surface area contributed by atoms with Crippen molar-refractivity contribution in [2.45, 2.75) is 13.5 Å². The number of aryl methyl sites for hydroxylation is 1.